The highest BCUT2D eigenvalue weighted by Crippen LogP contribution is 2.23. The largest absolute Gasteiger partial charge is 0.463 e. The van der Waals surface area contributed by atoms with E-state index in [1.165, 1.54) is 13.8 Å². The molecule has 0 aromatic carbocycles. The van der Waals surface area contributed by atoms with Crippen molar-refractivity contribution in [1.29, 1.82) is 0 Å². The van der Waals surface area contributed by atoms with Crippen molar-refractivity contribution < 1.29 is 19.7 Å². The third-order valence-corrected chi connectivity index (χ3v) is 2.29. The van der Waals surface area contributed by atoms with Crippen LogP contribution in [0, 0.1) is 5.41 Å². The molecular formula is C11H22O4. The predicted octanol–water partition coefficient (Wildman–Crippen LogP) is 1.10. The van der Waals surface area contributed by atoms with Gasteiger partial charge in [-0.3, -0.25) is 0 Å². The maximum atomic E-state index is 11.3. The Balaban J connectivity index is 4.18. The van der Waals surface area contributed by atoms with Crippen LogP contribution in [0.15, 0.2) is 0 Å². The van der Waals surface area contributed by atoms with E-state index >= 15 is 0 Å². The number of carbonyl (C=O) groups is 1. The normalized spacial score (nSPS) is 15.9. The van der Waals surface area contributed by atoms with Gasteiger partial charge in [-0.2, -0.15) is 0 Å². The number of rotatable bonds is 6. The molecule has 1 atom stereocenters. The fourth-order valence-corrected chi connectivity index (χ4v) is 1.22. The second kappa shape index (κ2) is 5.47. The maximum Gasteiger partial charge on any atom is 0.337 e. The number of hydrogen-bond acceptors (Lipinski definition) is 4. The number of hydrogen-bond donors (Lipinski definition) is 2. The van der Waals surface area contributed by atoms with Crippen molar-refractivity contribution >= 4 is 5.97 Å². The molecule has 0 aliphatic carbocycles. The number of aliphatic hydroxyl groups is 2. The first kappa shape index (κ1) is 14.4. The van der Waals surface area contributed by atoms with Crippen molar-refractivity contribution in [2.75, 3.05) is 13.2 Å². The summed E-state index contributed by atoms with van der Waals surface area (Å²) in [6.07, 6.45) is 1.69. The van der Waals surface area contributed by atoms with Crippen LogP contribution in [-0.4, -0.2) is 35.0 Å². The molecule has 0 aliphatic heterocycles. The van der Waals surface area contributed by atoms with E-state index in [0.29, 0.717) is 0 Å². The van der Waals surface area contributed by atoms with Crippen molar-refractivity contribution in [3.63, 3.8) is 0 Å². The van der Waals surface area contributed by atoms with Crippen LogP contribution in [-0.2, 0) is 9.53 Å². The Morgan fingerprint density at radius 3 is 2.20 bits per heavy atom. The van der Waals surface area contributed by atoms with Crippen molar-refractivity contribution in [3.8, 4) is 0 Å². The summed E-state index contributed by atoms with van der Waals surface area (Å²) in [5.41, 5.74) is -1.88. The highest BCUT2D eigenvalue weighted by Gasteiger charge is 2.30. The first-order valence-electron chi connectivity index (χ1n) is 5.25. The standard InChI is InChI=1S/C11H22O4/c1-5-6-11(4,7-12)8-15-9(13)10(2,3)14/h12,14H,5-8H2,1-4H3. The zero-order chi connectivity index (χ0) is 12.1. The van der Waals surface area contributed by atoms with Crippen LogP contribution in [0.4, 0.5) is 0 Å². The first-order chi connectivity index (χ1) is 6.75. The van der Waals surface area contributed by atoms with Gasteiger partial charge in [-0.05, 0) is 20.3 Å². The minimum Gasteiger partial charge on any atom is -0.463 e. The molecule has 0 saturated carbocycles. The van der Waals surface area contributed by atoms with E-state index in [0.717, 1.165) is 12.8 Å². The molecule has 0 aromatic rings. The third kappa shape index (κ3) is 5.14. The third-order valence-electron chi connectivity index (χ3n) is 2.29. The average Bonchev–Trinajstić information content (AvgIpc) is 2.13. The molecule has 90 valence electrons. The van der Waals surface area contributed by atoms with Gasteiger partial charge in [0.1, 0.15) is 0 Å². The van der Waals surface area contributed by atoms with Crippen LogP contribution >= 0.6 is 0 Å². The monoisotopic (exact) mass is 218 g/mol. The topological polar surface area (TPSA) is 66.8 Å². The Morgan fingerprint density at radius 1 is 1.33 bits per heavy atom. The van der Waals surface area contributed by atoms with Gasteiger partial charge in [0.15, 0.2) is 5.60 Å². The van der Waals surface area contributed by atoms with E-state index in [-0.39, 0.29) is 13.2 Å². The Hall–Kier alpha value is -0.610. The summed E-state index contributed by atoms with van der Waals surface area (Å²) < 4.78 is 4.97. The van der Waals surface area contributed by atoms with Gasteiger partial charge in [0, 0.05) is 5.41 Å². The summed E-state index contributed by atoms with van der Waals surface area (Å²) in [6, 6.07) is 0. The van der Waals surface area contributed by atoms with E-state index in [1.54, 1.807) is 0 Å². The Bertz CT molecular complexity index is 207. The second-order valence-electron chi connectivity index (χ2n) is 4.85. The number of esters is 1. The zero-order valence-corrected chi connectivity index (χ0v) is 10.0. The predicted molar refractivity (Wildman–Crippen MR) is 57.4 cm³/mol. The molecule has 1 unspecified atom stereocenters. The van der Waals surface area contributed by atoms with Crippen molar-refractivity contribution in [1.82, 2.24) is 0 Å². The molecule has 0 amide bonds. The number of carbonyl (C=O) groups excluding carboxylic acids is 1. The average molecular weight is 218 g/mol. The van der Waals surface area contributed by atoms with E-state index < -0.39 is 17.0 Å². The van der Waals surface area contributed by atoms with Crippen molar-refractivity contribution in [2.24, 2.45) is 5.41 Å². The minimum absolute atomic E-state index is 0.0278. The highest BCUT2D eigenvalue weighted by molar-refractivity contribution is 5.78. The van der Waals surface area contributed by atoms with Gasteiger partial charge in [-0.1, -0.05) is 20.3 Å². The van der Waals surface area contributed by atoms with Gasteiger partial charge in [0.2, 0.25) is 0 Å². The van der Waals surface area contributed by atoms with Crippen molar-refractivity contribution in [3.05, 3.63) is 0 Å². The Kier molecular flexibility index (Phi) is 5.24. The van der Waals surface area contributed by atoms with Crippen LogP contribution in [0.2, 0.25) is 0 Å². The SMILES string of the molecule is CCCC(C)(CO)COC(=O)C(C)(C)O. The lowest BCUT2D eigenvalue weighted by atomic mass is 9.87. The highest BCUT2D eigenvalue weighted by atomic mass is 16.5. The molecule has 0 aromatic heterocycles. The van der Waals surface area contributed by atoms with Gasteiger partial charge in [-0.25, -0.2) is 4.79 Å². The van der Waals surface area contributed by atoms with Gasteiger partial charge in [0.05, 0.1) is 13.2 Å². The van der Waals surface area contributed by atoms with Crippen LogP contribution in [0.25, 0.3) is 0 Å². The zero-order valence-electron chi connectivity index (χ0n) is 10.0. The molecule has 0 saturated heterocycles. The summed E-state index contributed by atoms with van der Waals surface area (Å²) >= 11 is 0. The summed E-state index contributed by atoms with van der Waals surface area (Å²) in [5, 5.41) is 18.5. The molecule has 0 fully saturated rings. The molecule has 15 heavy (non-hydrogen) atoms. The Labute approximate surface area is 91.3 Å². The lowest BCUT2D eigenvalue weighted by molar-refractivity contribution is -0.166. The quantitative estimate of drug-likeness (QED) is 0.655. The molecule has 0 bridgehead atoms. The van der Waals surface area contributed by atoms with Gasteiger partial charge in [-0.15, -0.1) is 0 Å². The van der Waals surface area contributed by atoms with Crippen LogP contribution < -0.4 is 0 Å². The molecular weight excluding hydrogens is 196 g/mol. The van der Waals surface area contributed by atoms with E-state index in [2.05, 4.69) is 0 Å². The Morgan fingerprint density at radius 2 is 1.87 bits per heavy atom. The summed E-state index contributed by atoms with van der Waals surface area (Å²) in [5.74, 6) is -0.654. The van der Waals surface area contributed by atoms with Crippen LogP contribution in [0.5, 0.6) is 0 Å². The molecule has 0 radical (unpaired) electrons. The minimum atomic E-state index is -1.47. The fraction of sp³-hybridized carbons (Fsp3) is 0.909. The lowest BCUT2D eigenvalue weighted by Gasteiger charge is -2.27. The van der Waals surface area contributed by atoms with Gasteiger partial charge >= 0.3 is 5.97 Å². The molecule has 0 rings (SSSR count). The smallest absolute Gasteiger partial charge is 0.337 e. The fourth-order valence-electron chi connectivity index (χ4n) is 1.22. The van der Waals surface area contributed by atoms with Crippen LogP contribution in [0.3, 0.4) is 0 Å². The lowest BCUT2D eigenvalue weighted by Crippen LogP contribution is -2.37. The molecule has 2 N–H and O–H groups in total. The molecule has 4 nitrogen and oxygen atoms in total. The maximum absolute atomic E-state index is 11.3. The number of aliphatic hydroxyl groups excluding tert-OH is 1. The summed E-state index contributed by atoms with van der Waals surface area (Å²) in [7, 11) is 0. The molecule has 0 spiro atoms. The molecule has 0 heterocycles. The van der Waals surface area contributed by atoms with Crippen molar-refractivity contribution in [2.45, 2.75) is 46.1 Å². The number of ether oxygens (including phenoxy) is 1. The summed E-state index contributed by atoms with van der Waals surface area (Å²) in [4.78, 5) is 11.3. The van der Waals surface area contributed by atoms with E-state index in [1.807, 2.05) is 13.8 Å². The van der Waals surface area contributed by atoms with E-state index in [9.17, 15) is 15.0 Å². The molecule has 4 heteroatoms. The molecule has 0 aliphatic rings. The van der Waals surface area contributed by atoms with Crippen LogP contribution in [0.1, 0.15) is 40.5 Å². The van der Waals surface area contributed by atoms with Gasteiger partial charge < -0.3 is 14.9 Å². The first-order valence-corrected chi connectivity index (χ1v) is 5.25. The van der Waals surface area contributed by atoms with Gasteiger partial charge in [0.25, 0.3) is 0 Å². The second-order valence-corrected chi connectivity index (χ2v) is 4.85. The van der Waals surface area contributed by atoms with E-state index in [4.69, 9.17) is 4.74 Å². The summed E-state index contributed by atoms with van der Waals surface area (Å²) in [6.45, 7) is 6.73.